The predicted octanol–water partition coefficient (Wildman–Crippen LogP) is 5.68. The number of nitrogens with one attached hydrogen (secondary N) is 2. The molecule has 0 saturated carbocycles. The van der Waals surface area contributed by atoms with Crippen molar-refractivity contribution < 1.29 is 14.3 Å². The number of carbonyl (C=O) groups is 2. The molecule has 3 rings (SSSR count). The average molecular weight is 494 g/mol. The van der Waals surface area contributed by atoms with Crippen LogP contribution in [-0.4, -0.2) is 45.2 Å². The number of nitrogens with zero attached hydrogens (tertiary/aromatic N) is 1. The lowest BCUT2D eigenvalue weighted by Crippen LogP contribution is -2.36. The molecule has 1 aliphatic heterocycles. The lowest BCUT2D eigenvalue weighted by atomic mass is 9.89. The van der Waals surface area contributed by atoms with Crippen molar-refractivity contribution >= 4 is 23.2 Å². The number of hydrogen-bond donors (Lipinski definition) is 2. The van der Waals surface area contributed by atoms with Gasteiger partial charge in [-0.15, -0.1) is 0 Å². The zero-order valence-electron chi connectivity index (χ0n) is 22.2. The van der Waals surface area contributed by atoms with Crippen LogP contribution in [-0.2, 0) is 16.0 Å². The molecule has 1 heterocycles. The van der Waals surface area contributed by atoms with Gasteiger partial charge in [0, 0.05) is 44.0 Å². The minimum absolute atomic E-state index is 0.00718. The normalized spacial score (nSPS) is 14.9. The molecular weight excluding hydrogens is 450 g/mol. The first kappa shape index (κ1) is 27.7. The first-order chi connectivity index (χ1) is 17.5. The molecular formula is C30H43N3O3. The summed E-state index contributed by atoms with van der Waals surface area (Å²) in [5, 5.41) is 6.03. The zero-order chi connectivity index (χ0) is 25.8. The van der Waals surface area contributed by atoms with E-state index < -0.39 is 0 Å². The number of unbranched alkanes of at least 4 members (excludes halogenated alkanes) is 1. The Bertz CT molecular complexity index is 955. The molecule has 0 bridgehead atoms. The standard InChI is InChI=1S/C30H43N3O3/c1-4-6-12-25(5-2)29(34)32-26-13-14-28(27(22-26)30(35)31-17-20-36-3)33-18-15-24(16-19-33)21-23-10-8-7-9-11-23/h7-11,13-14,22,24-25H,4-6,12,15-21H2,1-3H3,(H,31,35)(H,32,34). The number of piperidine rings is 1. The Morgan fingerprint density at radius 3 is 2.50 bits per heavy atom. The Morgan fingerprint density at radius 2 is 1.83 bits per heavy atom. The van der Waals surface area contributed by atoms with Gasteiger partial charge in [0.25, 0.3) is 5.91 Å². The lowest BCUT2D eigenvalue weighted by Gasteiger charge is -2.35. The van der Waals surface area contributed by atoms with E-state index in [-0.39, 0.29) is 17.7 Å². The minimum atomic E-state index is -0.136. The Labute approximate surface area is 216 Å². The fourth-order valence-corrected chi connectivity index (χ4v) is 4.97. The van der Waals surface area contributed by atoms with Crippen LogP contribution in [0.15, 0.2) is 48.5 Å². The van der Waals surface area contributed by atoms with Gasteiger partial charge in [0.15, 0.2) is 0 Å². The topological polar surface area (TPSA) is 70.7 Å². The molecule has 0 radical (unpaired) electrons. The highest BCUT2D eigenvalue weighted by molar-refractivity contribution is 6.02. The van der Waals surface area contributed by atoms with Crippen LogP contribution in [0.2, 0.25) is 0 Å². The number of anilines is 2. The van der Waals surface area contributed by atoms with Crippen molar-refractivity contribution in [1.82, 2.24) is 5.32 Å². The molecule has 2 amide bonds. The molecule has 0 aliphatic carbocycles. The highest BCUT2D eigenvalue weighted by Crippen LogP contribution is 2.30. The first-order valence-corrected chi connectivity index (χ1v) is 13.6. The van der Waals surface area contributed by atoms with Crippen LogP contribution in [0.4, 0.5) is 11.4 Å². The molecule has 6 nitrogen and oxygen atoms in total. The van der Waals surface area contributed by atoms with Crippen LogP contribution >= 0.6 is 0 Å². The van der Waals surface area contributed by atoms with Gasteiger partial charge in [-0.2, -0.15) is 0 Å². The number of amides is 2. The maximum Gasteiger partial charge on any atom is 0.253 e. The molecule has 6 heteroatoms. The van der Waals surface area contributed by atoms with Crippen molar-refractivity contribution in [3.63, 3.8) is 0 Å². The van der Waals surface area contributed by atoms with Gasteiger partial charge in [0.2, 0.25) is 5.91 Å². The molecule has 1 atom stereocenters. The lowest BCUT2D eigenvalue weighted by molar-refractivity contribution is -0.120. The van der Waals surface area contributed by atoms with Crippen LogP contribution in [0, 0.1) is 11.8 Å². The number of carbonyl (C=O) groups excluding carboxylic acids is 2. The van der Waals surface area contributed by atoms with E-state index in [0.29, 0.717) is 30.3 Å². The van der Waals surface area contributed by atoms with Gasteiger partial charge in [-0.25, -0.2) is 0 Å². The number of methoxy groups -OCH3 is 1. The second kappa shape index (κ2) is 14.6. The third-order valence-electron chi connectivity index (χ3n) is 7.19. The van der Waals surface area contributed by atoms with Gasteiger partial charge >= 0.3 is 0 Å². The van der Waals surface area contributed by atoms with Crippen LogP contribution in [0.3, 0.4) is 0 Å². The van der Waals surface area contributed by atoms with Gasteiger partial charge in [-0.1, -0.05) is 57.0 Å². The molecule has 0 spiro atoms. The number of benzene rings is 2. The van der Waals surface area contributed by atoms with E-state index in [1.807, 2.05) is 18.2 Å². The molecule has 2 aromatic rings. The molecule has 1 aliphatic rings. The van der Waals surface area contributed by atoms with Crippen molar-refractivity contribution in [2.24, 2.45) is 11.8 Å². The summed E-state index contributed by atoms with van der Waals surface area (Å²) in [5.74, 6) is 0.538. The summed E-state index contributed by atoms with van der Waals surface area (Å²) >= 11 is 0. The molecule has 1 saturated heterocycles. The van der Waals surface area contributed by atoms with Crippen molar-refractivity contribution in [2.45, 2.75) is 58.8 Å². The maximum atomic E-state index is 13.2. The third-order valence-corrected chi connectivity index (χ3v) is 7.19. The van der Waals surface area contributed by atoms with Gasteiger partial charge in [-0.3, -0.25) is 9.59 Å². The summed E-state index contributed by atoms with van der Waals surface area (Å²) in [6, 6.07) is 16.4. The summed E-state index contributed by atoms with van der Waals surface area (Å²) in [5.41, 5.74) is 3.60. The highest BCUT2D eigenvalue weighted by atomic mass is 16.5. The van der Waals surface area contributed by atoms with Crippen LogP contribution in [0.1, 0.15) is 68.3 Å². The second-order valence-corrected chi connectivity index (χ2v) is 9.84. The SMILES string of the molecule is CCCCC(CC)C(=O)Nc1ccc(N2CCC(Cc3ccccc3)CC2)c(C(=O)NCCOC)c1. The van der Waals surface area contributed by atoms with Crippen LogP contribution < -0.4 is 15.5 Å². The molecule has 2 N–H and O–H groups in total. The molecule has 1 unspecified atom stereocenters. The molecule has 196 valence electrons. The van der Waals surface area contributed by atoms with Gasteiger partial charge in [0.1, 0.15) is 0 Å². The minimum Gasteiger partial charge on any atom is -0.383 e. The number of hydrogen-bond acceptors (Lipinski definition) is 4. The monoisotopic (exact) mass is 493 g/mol. The van der Waals surface area contributed by atoms with Crippen LogP contribution in [0.5, 0.6) is 0 Å². The molecule has 1 fully saturated rings. The second-order valence-electron chi connectivity index (χ2n) is 9.84. The summed E-state index contributed by atoms with van der Waals surface area (Å²) in [4.78, 5) is 28.3. The van der Waals surface area contributed by atoms with Crippen molar-refractivity contribution in [3.8, 4) is 0 Å². The van der Waals surface area contributed by atoms with E-state index in [0.717, 1.165) is 63.7 Å². The van der Waals surface area contributed by atoms with Gasteiger partial charge in [0.05, 0.1) is 12.2 Å². The number of ether oxygens (including phenoxy) is 1. The number of rotatable bonds is 13. The van der Waals surface area contributed by atoms with E-state index in [2.05, 4.69) is 59.7 Å². The summed E-state index contributed by atoms with van der Waals surface area (Å²) in [6.07, 6.45) is 7.10. The zero-order valence-corrected chi connectivity index (χ0v) is 22.2. The van der Waals surface area contributed by atoms with Crippen molar-refractivity contribution in [3.05, 3.63) is 59.7 Å². The maximum absolute atomic E-state index is 13.2. The smallest absolute Gasteiger partial charge is 0.253 e. The van der Waals surface area contributed by atoms with E-state index in [4.69, 9.17) is 4.74 Å². The molecule has 2 aromatic carbocycles. The fourth-order valence-electron chi connectivity index (χ4n) is 4.97. The fraction of sp³-hybridized carbons (Fsp3) is 0.533. The third kappa shape index (κ3) is 8.09. The summed E-state index contributed by atoms with van der Waals surface area (Å²) in [7, 11) is 1.62. The Hall–Kier alpha value is -2.86. The van der Waals surface area contributed by atoms with Crippen LogP contribution in [0.25, 0.3) is 0 Å². The molecule has 0 aromatic heterocycles. The average Bonchev–Trinajstić information content (AvgIpc) is 2.90. The quantitative estimate of drug-likeness (QED) is 0.352. The summed E-state index contributed by atoms with van der Waals surface area (Å²) < 4.78 is 5.10. The first-order valence-electron chi connectivity index (χ1n) is 13.6. The Morgan fingerprint density at radius 1 is 1.08 bits per heavy atom. The molecule has 36 heavy (non-hydrogen) atoms. The van der Waals surface area contributed by atoms with E-state index in [9.17, 15) is 9.59 Å². The largest absolute Gasteiger partial charge is 0.383 e. The van der Waals surface area contributed by atoms with E-state index >= 15 is 0 Å². The predicted molar refractivity (Wildman–Crippen MR) is 148 cm³/mol. The van der Waals surface area contributed by atoms with Gasteiger partial charge < -0.3 is 20.3 Å². The Balaban J connectivity index is 1.72. The Kier molecular flexibility index (Phi) is 11.3. The summed E-state index contributed by atoms with van der Waals surface area (Å²) in [6.45, 7) is 6.92. The van der Waals surface area contributed by atoms with E-state index in [1.165, 1.54) is 5.56 Å². The van der Waals surface area contributed by atoms with Crippen molar-refractivity contribution in [1.29, 1.82) is 0 Å². The van der Waals surface area contributed by atoms with E-state index in [1.54, 1.807) is 7.11 Å². The van der Waals surface area contributed by atoms with Gasteiger partial charge in [-0.05, 0) is 61.8 Å². The van der Waals surface area contributed by atoms with Crippen molar-refractivity contribution in [2.75, 3.05) is 43.6 Å². The highest BCUT2D eigenvalue weighted by Gasteiger charge is 2.24.